The molecule has 1 N–H and O–H groups in total. The Bertz CT molecular complexity index is 628. The zero-order valence-corrected chi connectivity index (χ0v) is 11.5. The summed E-state index contributed by atoms with van der Waals surface area (Å²) in [6, 6.07) is 4.20. The largest absolute Gasteiger partial charge is 0.493 e. The molecule has 2 heterocycles. The Labute approximate surface area is 121 Å². The molecule has 0 saturated carbocycles. The summed E-state index contributed by atoms with van der Waals surface area (Å²) < 4.78 is 20.7. The second-order valence-corrected chi connectivity index (χ2v) is 4.99. The topological polar surface area (TPSA) is 56.2 Å². The molecule has 5 nitrogen and oxygen atoms in total. The van der Waals surface area contributed by atoms with Gasteiger partial charge in [-0.25, -0.2) is 9.37 Å². The highest BCUT2D eigenvalue weighted by Gasteiger charge is 2.23. The molecule has 1 aromatic heterocycles. The third kappa shape index (κ3) is 3.21. The number of aryl methyl sites for hydroxylation is 1. The number of nitrogens with one attached hydrogen (secondary N) is 1. The zero-order valence-electron chi connectivity index (χ0n) is 11.5. The highest BCUT2D eigenvalue weighted by Crippen LogP contribution is 2.32. The maximum atomic E-state index is 13.4. The van der Waals surface area contributed by atoms with Crippen LogP contribution in [0.25, 0.3) is 0 Å². The summed E-state index contributed by atoms with van der Waals surface area (Å²) in [5.74, 6) is 0.255. The van der Waals surface area contributed by atoms with Crippen molar-refractivity contribution in [1.29, 1.82) is 0 Å². The van der Waals surface area contributed by atoms with Gasteiger partial charge in [0.2, 0.25) is 5.91 Å². The van der Waals surface area contributed by atoms with E-state index < -0.39 is 0 Å². The Hall–Kier alpha value is -2.37. The number of carbonyl (C=O) groups is 1. The predicted octanol–water partition coefficient (Wildman–Crippen LogP) is 2.05. The average Bonchev–Trinajstić information content (AvgIpc) is 2.99. The number of carbonyl (C=O) groups excluding carboxylic acids is 1. The Morgan fingerprint density at radius 1 is 1.52 bits per heavy atom. The lowest BCUT2D eigenvalue weighted by Crippen LogP contribution is -2.32. The van der Waals surface area contributed by atoms with Crippen LogP contribution in [-0.2, 0) is 11.3 Å². The van der Waals surface area contributed by atoms with Gasteiger partial charge in [0.15, 0.2) is 0 Å². The van der Waals surface area contributed by atoms with Crippen molar-refractivity contribution in [2.75, 3.05) is 6.61 Å². The van der Waals surface area contributed by atoms with Crippen LogP contribution >= 0.6 is 0 Å². The van der Waals surface area contributed by atoms with E-state index in [1.165, 1.54) is 12.1 Å². The molecule has 0 aliphatic carbocycles. The number of hydrogen-bond acceptors (Lipinski definition) is 3. The van der Waals surface area contributed by atoms with E-state index in [0.29, 0.717) is 37.3 Å². The van der Waals surface area contributed by atoms with Crippen LogP contribution in [-0.4, -0.2) is 22.1 Å². The molecule has 110 valence electrons. The zero-order chi connectivity index (χ0) is 14.7. The van der Waals surface area contributed by atoms with Crippen molar-refractivity contribution in [1.82, 2.24) is 14.9 Å². The molecule has 1 unspecified atom stereocenters. The van der Waals surface area contributed by atoms with Crippen molar-refractivity contribution in [2.45, 2.75) is 25.4 Å². The summed E-state index contributed by atoms with van der Waals surface area (Å²) in [5.41, 5.74) is 0.706. The average molecular weight is 289 g/mol. The molecule has 0 fully saturated rings. The number of fused-ring (bicyclic) bond motifs is 1. The van der Waals surface area contributed by atoms with Crippen LogP contribution in [0.5, 0.6) is 5.75 Å². The minimum Gasteiger partial charge on any atom is -0.493 e. The maximum absolute atomic E-state index is 13.4. The fourth-order valence-electron chi connectivity index (χ4n) is 2.43. The molecule has 1 amide bonds. The lowest BCUT2D eigenvalue weighted by molar-refractivity contribution is -0.122. The van der Waals surface area contributed by atoms with Gasteiger partial charge in [-0.15, -0.1) is 0 Å². The summed E-state index contributed by atoms with van der Waals surface area (Å²) in [4.78, 5) is 16.0. The lowest BCUT2D eigenvalue weighted by Gasteiger charge is -2.26. The van der Waals surface area contributed by atoms with Crippen molar-refractivity contribution < 1.29 is 13.9 Å². The van der Waals surface area contributed by atoms with Crippen LogP contribution < -0.4 is 10.1 Å². The molecule has 2 aromatic rings. The Morgan fingerprint density at radius 3 is 3.24 bits per heavy atom. The summed E-state index contributed by atoms with van der Waals surface area (Å²) >= 11 is 0. The van der Waals surface area contributed by atoms with Crippen molar-refractivity contribution in [3.8, 4) is 5.75 Å². The third-order valence-corrected chi connectivity index (χ3v) is 3.50. The first kappa shape index (κ1) is 13.6. The molecule has 21 heavy (non-hydrogen) atoms. The number of benzene rings is 1. The quantitative estimate of drug-likeness (QED) is 0.937. The molecule has 0 saturated heterocycles. The minimum absolute atomic E-state index is 0.0641. The van der Waals surface area contributed by atoms with E-state index in [-0.39, 0.29) is 17.8 Å². The van der Waals surface area contributed by atoms with Crippen LogP contribution in [0.2, 0.25) is 0 Å². The minimum atomic E-state index is -0.322. The van der Waals surface area contributed by atoms with Gasteiger partial charge in [-0.3, -0.25) is 4.79 Å². The van der Waals surface area contributed by atoms with Gasteiger partial charge in [0.05, 0.1) is 19.0 Å². The van der Waals surface area contributed by atoms with Crippen LogP contribution in [0.15, 0.2) is 36.9 Å². The number of rotatable bonds is 4. The van der Waals surface area contributed by atoms with Gasteiger partial charge in [0, 0.05) is 37.3 Å². The van der Waals surface area contributed by atoms with Gasteiger partial charge < -0.3 is 14.6 Å². The number of aromatic nitrogens is 2. The summed E-state index contributed by atoms with van der Waals surface area (Å²) in [5, 5.41) is 2.95. The first-order valence-corrected chi connectivity index (χ1v) is 6.90. The molecule has 1 aliphatic heterocycles. The van der Waals surface area contributed by atoms with Gasteiger partial charge in [0.25, 0.3) is 0 Å². The van der Waals surface area contributed by atoms with Gasteiger partial charge in [-0.05, 0) is 18.2 Å². The second kappa shape index (κ2) is 5.95. The number of nitrogens with zero attached hydrogens (tertiary/aromatic N) is 2. The standard InChI is InChI=1S/C15H16FN3O2/c16-11-1-2-14-12(9-11)13(4-8-21-14)18-15(20)3-6-19-7-5-17-10-19/h1-2,5,7,9-10,13H,3-4,6,8H2,(H,18,20). The highest BCUT2D eigenvalue weighted by molar-refractivity contribution is 5.76. The Kier molecular flexibility index (Phi) is 3.85. The van der Waals surface area contributed by atoms with Gasteiger partial charge in [0.1, 0.15) is 11.6 Å². The first-order chi connectivity index (χ1) is 10.2. The number of amides is 1. The van der Waals surface area contributed by atoms with Gasteiger partial charge in [-0.2, -0.15) is 0 Å². The smallest absolute Gasteiger partial charge is 0.222 e. The van der Waals surface area contributed by atoms with Crippen LogP contribution in [0.3, 0.4) is 0 Å². The van der Waals surface area contributed by atoms with Crippen LogP contribution in [0, 0.1) is 5.82 Å². The summed E-state index contributed by atoms with van der Waals surface area (Å²) in [7, 11) is 0. The molecule has 0 spiro atoms. The number of halogens is 1. The number of imidazole rings is 1. The van der Waals surface area contributed by atoms with E-state index in [2.05, 4.69) is 10.3 Å². The highest BCUT2D eigenvalue weighted by atomic mass is 19.1. The third-order valence-electron chi connectivity index (χ3n) is 3.50. The molecular weight excluding hydrogens is 273 g/mol. The van der Waals surface area contributed by atoms with Crippen LogP contribution in [0.4, 0.5) is 4.39 Å². The van der Waals surface area contributed by atoms with Crippen molar-refractivity contribution in [2.24, 2.45) is 0 Å². The van der Waals surface area contributed by atoms with Crippen molar-refractivity contribution in [3.05, 3.63) is 48.3 Å². The van der Waals surface area contributed by atoms with Gasteiger partial charge >= 0.3 is 0 Å². The Morgan fingerprint density at radius 2 is 2.43 bits per heavy atom. The van der Waals surface area contributed by atoms with Crippen molar-refractivity contribution in [3.63, 3.8) is 0 Å². The van der Waals surface area contributed by atoms with Crippen molar-refractivity contribution >= 4 is 5.91 Å². The number of hydrogen-bond donors (Lipinski definition) is 1. The molecular formula is C15H16FN3O2. The SMILES string of the molecule is O=C(CCn1ccnc1)NC1CCOc2ccc(F)cc21. The fourth-order valence-corrected chi connectivity index (χ4v) is 2.43. The second-order valence-electron chi connectivity index (χ2n) is 4.99. The number of ether oxygens (including phenoxy) is 1. The maximum Gasteiger partial charge on any atom is 0.222 e. The summed E-state index contributed by atoms with van der Waals surface area (Å²) in [6.45, 7) is 1.09. The van der Waals surface area contributed by atoms with E-state index in [0.717, 1.165) is 0 Å². The van der Waals surface area contributed by atoms with E-state index in [1.54, 1.807) is 18.6 Å². The monoisotopic (exact) mass is 289 g/mol. The predicted molar refractivity (Wildman–Crippen MR) is 74.2 cm³/mol. The van der Waals surface area contributed by atoms with E-state index >= 15 is 0 Å². The molecule has 1 aliphatic rings. The van der Waals surface area contributed by atoms with E-state index in [4.69, 9.17) is 4.74 Å². The van der Waals surface area contributed by atoms with Crippen LogP contribution in [0.1, 0.15) is 24.4 Å². The normalized spacial score (nSPS) is 16.9. The lowest BCUT2D eigenvalue weighted by atomic mass is 10.00. The fraction of sp³-hybridized carbons (Fsp3) is 0.333. The van der Waals surface area contributed by atoms with E-state index in [9.17, 15) is 9.18 Å². The molecule has 0 radical (unpaired) electrons. The first-order valence-electron chi connectivity index (χ1n) is 6.90. The molecule has 1 aromatic carbocycles. The molecule has 6 heteroatoms. The van der Waals surface area contributed by atoms with Gasteiger partial charge in [-0.1, -0.05) is 0 Å². The van der Waals surface area contributed by atoms with E-state index in [1.807, 2.05) is 10.8 Å². The molecule has 3 rings (SSSR count). The summed E-state index contributed by atoms with van der Waals surface area (Å²) in [6.07, 6.45) is 6.17. The Balaban J connectivity index is 1.63. The molecule has 0 bridgehead atoms. The molecule has 1 atom stereocenters.